The predicted octanol–water partition coefficient (Wildman–Crippen LogP) is 5.93. The number of carbonyl (C=O) groups excluding carboxylic acids is 1. The number of hydrogen-bond acceptors (Lipinski definition) is 5. The van der Waals surface area contributed by atoms with Gasteiger partial charge < -0.3 is 10.4 Å². The molecule has 174 valence electrons. The summed E-state index contributed by atoms with van der Waals surface area (Å²) in [5, 5.41) is 21.9. The van der Waals surface area contributed by atoms with Gasteiger partial charge in [0.1, 0.15) is 5.75 Å². The summed E-state index contributed by atoms with van der Waals surface area (Å²) in [5.41, 5.74) is 3.20. The van der Waals surface area contributed by atoms with Crippen molar-refractivity contribution in [3.8, 4) is 22.8 Å². The quantitative estimate of drug-likeness (QED) is 0.321. The van der Waals surface area contributed by atoms with Crippen LogP contribution in [0.15, 0.2) is 71.9 Å². The number of amides is 1. The molecular formula is C25H22F2N4O2S. The van der Waals surface area contributed by atoms with E-state index < -0.39 is 12.3 Å². The molecule has 1 amide bonds. The van der Waals surface area contributed by atoms with E-state index in [-0.39, 0.29) is 22.8 Å². The summed E-state index contributed by atoms with van der Waals surface area (Å²) in [7, 11) is 0. The fourth-order valence-electron chi connectivity index (χ4n) is 3.59. The van der Waals surface area contributed by atoms with Crippen LogP contribution in [0, 0.1) is 13.8 Å². The molecule has 0 aliphatic carbocycles. The van der Waals surface area contributed by atoms with Crippen LogP contribution in [0.1, 0.15) is 23.1 Å². The molecule has 2 N–H and O–H groups in total. The lowest BCUT2D eigenvalue weighted by Gasteiger charge is -2.14. The Bertz CT molecular complexity index is 1340. The van der Waals surface area contributed by atoms with Crippen molar-refractivity contribution in [3.05, 3.63) is 83.4 Å². The van der Waals surface area contributed by atoms with E-state index in [1.54, 1.807) is 34.9 Å². The highest BCUT2D eigenvalue weighted by Gasteiger charge is 2.21. The Hall–Kier alpha value is -3.72. The van der Waals surface area contributed by atoms with Crippen LogP contribution < -0.4 is 5.32 Å². The molecule has 0 aliphatic rings. The van der Waals surface area contributed by atoms with E-state index >= 15 is 0 Å². The maximum atomic E-state index is 13.2. The molecule has 0 saturated carbocycles. The minimum atomic E-state index is -2.70. The molecule has 0 bridgehead atoms. The van der Waals surface area contributed by atoms with Gasteiger partial charge in [-0.2, -0.15) is 0 Å². The Morgan fingerprint density at radius 3 is 2.53 bits per heavy atom. The van der Waals surface area contributed by atoms with Gasteiger partial charge in [0.05, 0.1) is 17.0 Å². The number of thioether (sulfide) groups is 1. The van der Waals surface area contributed by atoms with Crippen LogP contribution in [0.5, 0.6) is 5.75 Å². The number of hydrogen-bond donors (Lipinski definition) is 2. The third kappa shape index (κ3) is 4.94. The van der Waals surface area contributed by atoms with Crippen LogP contribution in [-0.2, 0) is 4.79 Å². The molecule has 9 heteroatoms. The summed E-state index contributed by atoms with van der Waals surface area (Å²) in [6.07, 6.45) is -2.70. The van der Waals surface area contributed by atoms with E-state index in [0.29, 0.717) is 16.5 Å². The zero-order valence-corrected chi connectivity index (χ0v) is 19.3. The molecule has 4 aromatic rings. The largest absolute Gasteiger partial charge is 0.507 e. The van der Waals surface area contributed by atoms with E-state index in [1.165, 1.54) is 18.2 Å². The highest BCUT2D eigenvalue weighted by molar-refractivity contribution is 7.99. The first-order valence-corrected chi connectivity index (χ1v) is 11.4. The summed E-state index contributed by atoms with van der Waals surface area (Å²) in [4.78, 5) is 12.6. The molecule has 0 atom stereocenters. The van der Waals surface area contributed by atoms with Crippen LogP contribution in [0.3, 0.4) is 0 Å². The van der Waals surface area contributed by atoms with E-state index in [9.17, 15) is 18.7 Å². The van der Waals surface area contributed by atoms with Gasteiger partial charge in [-0.15, -0.1) is 10.2 Å². The van der Waals surface area contributed by atoms with Gasteiger partial charge in [-0.3, -0.25) is 9.36 Å². The molecule has 0 unspecified atom stereocenters. The number of anilines is 1. The minimum Gasteiger partial charge on any atom is -0.507 e. The second kappa shape index (κ2) is 10.0. The lowest BCUT2D eigenvalue weighted by atomic mass is 10.1. The van der Waals surface area contributed by atoms with Crippen molar-refractivity contribution in [1.82, 2.24) is 14.8 Å². The van der Waals surface area contributed by atoms with Gasteiger partial charge in [0, 0.05) is 11.3 Å². The third-order valence-electron chi connectivity index (χ3n) is 5.17. The standard InChI is InChI=1S/C25H22F2N4O2S/c1-15-11-12-20(16(2)13-15)31-24(18-8-4-6-10-21(18)32)29-30-25(31)34-14-22(33)28-19-9-5-3-7-17(19)23(26)27/h3-13,23,32H,14H2,1-2H3,(H,28,33). The number of nitrogens with zero attached hydrogens (tertiary/aromatic N) is 3. The van der Waals surface area contributed by atoms with Crippen molar-refractivity contribution in [1.29, 1.82) is 0 Å². The number of carbonyl (C=O) groups is 1. The first-order chi connectivity index (χ1) is 16.3. The predicted molar refractivity (Wildman–Crippen MR) is 129 cm³/mol. The average molecular weight is 481 g/mol. The number of benzene rings is 3. The fourth-order valence-corrected chi connectivity index (χ4v) is 4.34. The number of alkyl halides is 2. The monoisotopic (exact) mass is 480 g/mol. The van der Waals surface area contributed by atoms with Crippen molar-refractivity contribution in [3.63, 3.8) is 0 Å². The van der Waals surface area contributed by atoms with Crippen LogP contribution in [0.4, 0.5) is 14.5 Å². The Labute approximate surface area is 199 Å². The van der Waals surface area contributed by atoms with Gasteiger partial charge in [-0.25, -0.2) is 8.78 Å². The SMILES string of the molecule is Cc1ccc(-n2c(SCC(=O)Nc3ccccc3C(F)F)nnc2-c2ccccc2O)c(C)c1. The highest BCUT2D eigenvalue weighted by Crippen LogP contribution is 2.34. The molecule has 34 heavy (non-hydrogen) atoms. The second-order valence-corrected chi connectivity index (χ2v) is 8.62. The number of para-hydroxylation sites is 2. The van der Waals surface area contributed by atoms with Crippen molar-refractivity contribution in [2.24, 2.45) is 0 Å². The van der Waals surface area contributed by atoms with Gasteiger partial charge in [-0.05, 0) is 43.7 Å². The van der Waals surface area contributed by atoms with Crippen molar-refractivity contribution < 1.29 is 18.7 Å². The number of phenolic OH excluding ortho intramolecular Hbond substituents is 1. The third-order valence-corrected chi connectivity index (χ3v) is 6.10. The molecule has 0 radical (unpaired) electrons. The van der Waals surface area contributed by atoms with Crippen molar-refractivity contribution in [2.45, 2.75) is 25.4 Å². The Morgan fingerprint density at radius 2 is 1.79 bits per heavy atom. The van der Waals surface area contributed by atoms with E-state index in [4.69, 9.17) is 0 Å². The molecule has 3 aromatic carbocycles. The summed E-state index contributed by atoms with van der Waals surface area (Å²) in [6.45, 7) is 3.95. The van der Waals surface area contributed by atoms with Gasteiger partial charge in [0.15, 0.2) is 11.0 Å². The Kier molecular flexibility index (Phi) is 6.93. The maximum Gasteiger partial charge on any atom is 0.265 e. The number of aromatic hydroxyl groups is 1. The highest BCUT2D eigenvalue weighted by atomic mass is 32.2. The number of nitrogens with one attached hydrogen (secondary N) is 1. The first kappa shape index (κ1) is 23.4. The second-order valence-electron chi connectivity index (χ2n) is 7.67. The summed E-state index contributed by atoms with van der Waals surface area (Å²) >= 11 is 1.13. The summed E-state index contributed by atoms with van der Waals surface area (Å²) < 4.78 is 28.3. The number of rotatable bonds is 7. The lowest BCUT2D eigenvalue weighted by molar-refractivity contribution is -0.113. The maximum absolute atomic E-state index is 13.2. The zero-order chi connectivity index (χ0) is 24.2. The fraction of sp³-hybridized carbons (Fsp3) is 0.160. The van der Waals surface area contributed by atoms with E-state index in [1.807, 2.05) is 32.0 Å². The number of phenols is 1. The van der Waals surface area contributed by atoms with Crippen LogP contribution in [0.25, 0.3) is 17.1 Å². The summed E-state index contributed by atoms with van der Waals surface area (Å²) in [6, 6.07) is 18.5. The average Bonchev–Trinajstić information content (AvgIpc) is 3.21. The zero-order valence-electron chi connectivity index (χ0n) is 18.5. The smallest absolute Gasteiger partial charge is 0.265 e. The molecule has 4 rings (SSSR count). The van der Waals surface area contributed by atoms with E-state index in [0.717, 1.165) is 28.6 Å². The normalized spacial score (nSPS) is 11.1. The molecule has 1 aromatic heterocycles. The number of aryl methyl sites for hydroxylation is 2. The number of aromatic nitrogens is 3. The van der Waals surface area contributed by atoms with Gasteiger partial charge in [0.2, 0.25) is 5.91 Å². The van der Waals surface area contributed by atoms with Crippen LogP contribution in [-0.4, -0.2) is 31.5 Å². The first-order valence-electron chi connectivity index (χ1n) is 10.5. The van der Waals surface area contributed by atoms with Crippen molar-refractivity contribution >= 4 is 23.4 Å². The molecule has 0 fully saturated rings. The van der Waals surface area contributed by atoms with Crippen LogP contribution >= 0.6 is 11.8 Å². The van der Waals surface area contributed by atoms with Crippen LogP contribution in [0.2, 0.25) is 0 Å². The van der Waals surface area contributed by atoms with Gasteiger partial charge in [-0.1, -0.05) is 59.8 Å². The lowest BCUT2D eigenvalue weighted by Crippen LogP contribution is -2.16. The molecule has 0 saturated heterocycles. The minimum absolute atomic E-state index is 0.0545. The van der Waals surface area contributed by atoms with Crippen molar-refractivity contribution in [2.75, 3.05) is 11.1 Å². The van der Waals surface area contributed by atoms with Gasteiger partial charge >= 0.3 is 0 Å². The molecular weight excluding hydrogens is 458 g/mol. The molecule has 1 heterocycles. The van der Waals surface area contributed by atoms with E-state index in [2.05, 4.69) is 15.5 Å². The topological polar surface area (TPSA) is 80.0 Å². The Morgan fingerprint density at radius 1 is 1.06 bits per heavy atom. The Balaban J connectivity index is 1.65. The van der Waals surface area contributed by atoms with Gasteiger partial charge in [0.25, 0.3) is 6.43 Å². The molecule has 6 nitrogen and oxygen atoms in total. The molecule has 0 aliphatic heterocycles. The summed E-state index contributed by atoms with van der Waals surface area (Å²) in [5.74, 6) is -0.0336. The molecule has 0 spiro atoms. The number of halogens is 2.